The van der Waals surface area contributed by atoms with Crippen molar-refractivity contribution in [3.05, 3.63) is 22.4 Å². The number of aromatic nitrogens is 1. The molecule has 0 unspecified atom stereocenters. The van der Waals surface area contributed by atoms with Crippen LogP contribution in [0, 0.1) is 5.92 Å². The number of rotatable bonds is 5. The Kier molecular flexibility index (Phi) is 7.33. The molecule has 6 heteroatoms. The molecule has 1 fully saturated rings. The zero-order chi connectivity index (χ0) is 19.3. The number of pyridine rings is 1. The van der Waals surface area contributed by atoms with E-state index in [4.69, 9.17) is 9.72 Å². The standard InChI is InChI=1S/C20H32BrN3O2/c1-15(2)13-24(19(25)26-20(3,4)5)14-16-17(9-10-18(21)22-16)23-11-7-6-8-12-23/h9-10,15H,6-8,11-14H2,1-5H3. The largest absolute Gasteiger partial charge is 0.444 e. The van der Waals surface area contributed by atoms with E-state index in [2.05, 4.69) is 40.7 Å². The van der Waals surface area contributed by atoms with Crippen LogP contribution in [0.5, 0.6) is 0 Å². The summed E-state index contributed by atoms with van der Waals surface area (Å²) in [6, 6.07) is 4.09. The van der Waals surface area contributed by atoms with Crippen molar-refractivity contribution in [3.8, 4) is 0 Å². The summed E-state index contributed by atoms with van der Waals surface area (Å²) in [5, 5.41) is 0. The summed E-state index contributed by atoms with van der Waals surface area (Å²) < 4.78 is 6.42. The van der Waals surface area contributed by atoms with Crippen LogP contribution in [0.4, 0.5) is 10.5 Å². The second-order valence-corrected chi connectivity index (χ2v) is 9.21. The van der Waals surface area contributed by atoms with Crippen molar-refractivity contribution in [2.24, 2.45) is 5.92 Å². The molecule has 0 radical (unpaired) electrons. The van der Waals surface area contributed by atoms with E-state index in [0.717, 1.165) is 29.1 Å². The van der Waals surface area contributed by atoms with Crippen LogP contribution in [0.15, 0.2) is 16.7 Å². The van der Waals surface area contributed by atoms with E-state index in [-0.39, 0.29) is 6.09 Å². The Bertz CT molecular complexity index is 608. The predicted octanol–water partition coefficient (Wildman–Crippen LogP) is 5.23. The number of anilines is 1. The molecule has 0 N–H and O–H groups in total. The Hall–Kier alpha value is -1.30. The summed E-state index contributed by atoms with van der Waals surface area (Å²) in [5.41, 5.74) is 1.55. The van der Waals surface area contributed by atoms with Crippen LogP contribution in [0.3, 0.4) is 0 Å². The van der Waals surface area contributed by atoms with E-state index in [1.54, 1.807) is 4.90 Å². The van der Waals surface area contributed by atoms with E-state index >= 15 is 0 Å². The first kappa shape index (κ1) is 21.0. The maximum atomic E-state index is 12.7. The average Bonchev–Trinajstić information content (AvgIpc) is 2.53. The first-order chi connectivity index (χ1) is 12.2. The lowest BCUT2D eigenvalue weighted by atomic mass is 10.1. The minimum atomic E-state index is -0.507. The number of hydrogen-bond donors (Lipinski definition) is 0. The van der Waals surface area contributed by atoms with Crippen molar-refractivity contribution in [3.63, 3.8) is 0 Å². The predicted molar refractivity (Wildman–Crippen MR) is 109 cm³/mol. The van der Waals surface area contributed by atoms with E-state index < -0.39 is 5.60 Å². The SMILES string of the molecule is CC(C)CN(Cc1nc(Br)ccc1N1CCCCC1)C(=O)OC(C)(C)C. The fraction of sp³-hybridized carbons (Fsp3) is 0.700. The van der Waals surface area contributed by atoms with Crippen LogP contribution < -0.4 is 4.90 Å². The van der Waals surface area contributed by atoms with Gasteiger partial charge in [-0.15, -0.1) is 0 Å². The van der Waals surface area contributed by atoms with Gasteiger partial charge >= 0.3 is 6.09 Å². The highest BCUT2D eigenvalue weighted by molar-refractivity contribution is 9.10. The molecule has 146 valence electrons. The highest BCUT2D eigenvalue weighted by Gasteiger charge is 2.25. The van der Waals surface area contributed by atoms with Gasteiger partial charge in [-0.05, 0) is 74.0 Å². The number of amides is 1. The molecule has 1 aromatic heterocycles. The van der Waals surface area contributed by atoms with Gasteiger partial charge in [-0.3, -0.25) is 0 Å². The molecule has 1 amide bonds. The van der Waals surface area contributed by atoms with Crippen LogP contribution >= 0.6 is 15.9 Å². The van der Waals surface area contributed by atoms with Gasteiger partial charge in [-0.2, -0.15) is 0 Å². The van der Waals surface area contributed by atoms with Crippen LogP contribution in [0.1, 0.15) is 59.6 Å². The maximum Gasteiger partial charge on any atom is 0.410 e. The van der Waals surface area contributed by atoms with Gasteiger partial charge in [-0.25, -0.2) is 9.78 Å². The summed E-state index contributed by atoms with van der Waals surface area (Å²) in [4.78, 5) is 21.6. The van der Waals surface area contributed by atoms with Crippen LogP contribution in [0.25, 0.3) is 0 Å². The highest BCUT2D eigenvalue weighted by atomic mass is 79.9. The molecule has 1 aliphatic heterocycles. The molecular formula is C20H32BrN3O2. The molecule has 0 aromatic carbocycles. The van der Waals surface area contributed by atoms with Gasteiger partial charge in [-0.1, -0.05) is 13.8 Å². The number of ether oxygens (including phenoxy) is 1. The molecule has 0 bridgehead atoms. The van der Waals surface area contributed by atoms with Gasteiger partial charge in [0.05, 0.1) is 17.9 Å². The minimum absolute atomic E-state index is 0.280. The van der Waals surface area contributed by atoms with Gasteiger partial charge < -0.3 is 14.5 Å². The van der Waals surface area contributed by atoms with Crippen LogP contribution in [0.2, 0.25) is 0 Å². The summed E-state index contributed by atoms with van der Waals surface area (Å²) in [7, 11) is 0. The number of carbonyl (C=O) groups excluding carboxylic acids is 1. The molecule has 0 aliphatic carbocycles. The second kappa shape index (κ2) is 9.07. The molecule has 1 saturated heterocycles. The Labute approximate surface area is 166 Å². The second-order valence-electron chi connectivity index (χ2n) is 8.40. The summed E-state index contributed by atoms with van der Waals surface area (Å²) in [6.45, 7) is 13.1. The lowest BCUT2D eigenvalue weighted by molar-refractivity contribution is 0.0209. The molecule has 2 heterocycles. The Morgan fingerprint density at radius 2 is 1.92 bits per heavy atom. The Morgan fingerprint density at radius 3 is 2.50 bits per heavy atom. The normalized spacial score (nSPS) is 15.3. The lowest BCUT2D eigenvalue weighted by Crippen LogP contribution is -2.39. The molecule has 1 aromatic rings. The van der Waals surface area contributed by atoms with Gasteiger partial charge in [0.25, 0.3) is 0 Å². The van der Waals surface area contributed by atoms with Crippen molar-refractivity contribution in [1.82, 2.24) is 9.88 Å². The third-order valence-electron chi connectivity index (χ3n) is 4.19. The number of nitrogens with zero attached hydrogens (tertiary/aromatic N) is 3. The lowest BCUT2D eigenvalue weighted by Gasteiger charge is -2.32. The molecule has 0 spiro atoms. The summed E-state index contributed by atoms with van der Waals surface area (Å²) in [5.74, 6) is 0.355. The maximum absolute atomic E-state index is 12.7. The third kappa shape index (κ3) is 6.45. The van der Waals surface area contributed by atoms with E-state index in [1.807, 2.05) is 26.8 Å². The third-order valence-corrected chi connectivity index (χ3v) is 4.63. The van der Waals surface area contributed by atoms with E-state index in [1.165, 1.54) is 19.3 Å². The van der Waals surface area contributed by atoms with E-state index in [0.29, 0.717) is 19.0 Å². The molecule has 26 heavy (non-hydrogen) atoms. The monoisotopic (exact) mass is 425 g/mol. The van der Waals surface area contributed by atoms with Crippen molar-refractivity contribution < 1.29 is 9.53 Å². The fourth-order valence-corrected chi connectivity index (χ4v) is 3.50. The first-order valence-corrected chi connectivity index (χ1v) is 10.3. The smallest absolute Gasteiger partial charge is 0.410 e. The van der Waals surface area contributed by atoms with Crippen molar-refractivity contribution in [1.29, 1.82) is 0 Å². The summed E-state index contributed by atoms with van der Waals surface area (Å²) in [6.07, 6.45) is 3.42. The Balaban J connectivity index is 2.25. The van der Waals surface area contributed by atoms with Crippen LogP contribution in [-0.2, 0) is 11.3 Å². The Morgan fingerprint density at radius 1 is 1.27 bits per heavy atom. The molecule has 5 nitrogen and oxygen atoms in total. The van der Waals surface area contributed by atoms with Gasteiger partial charge in [0.2, 0.25) is 0 Å². The van der Waals surface area contributed by atoms with Crippen LogP contribution in [-0.4, -0.2) is 41.2 Å². The highest BCUT2D eigenvalue weighted by Crippen LogP contribution is 2.26. The van der Waals surface area contributed by atoms with Crippen molar-refractivity contribution in [2.75, 3.05) is 24.5 Å². The van der Waals surface area contributed by atoms with Gasteiger partial charge in [0, 0.05) is 19.6 Å². The number of hydrogen-bond acceptors (Lipinski definition) is 4. The first-order valence-electron chi connectivity index (χ1n) is 9.54. The summed E-state index contributed by atoms with van der Waals surface area (Å²) >= 11 is 3.48. The molecule has 2 rings (SSSR count). The molecule has 0 atom stereocenters. The zero-order valence-electron chi connectivity index (χ0n) is 16.7. The topological polar surface area (TPSA) is 45.7 Å². The quantitative estimate of drug-likeness (QED) is 0.605. The van der Waals surface area contributed by atoms with Gasteiger partial charge in [0.1, 0.15) is 10.2 Å². The van der Waals surface area contributed by atoms with Crippen molar-refractivity contribution >= 4 is 27.7 Å². The van der Waals surface area contributed by atoms with E-state index in [9.17, 15) is 4.79 Å². The fourth-order valence-electron chi connectivity index (χ4n) is 3.16. The zero-order valence-corrected chi connectivity index (χ0v) is 18.3. The number of piperidine rings is 1. The minimum Gasteiger partial charge on any atom is -0.444 e. The molecular weight excluding hydrogens is 394 g/mol. The number of halogens is 1. The van der Waals surface area contributed by atoms with Crippen molar-refractivity contribution in [2.45, 2.75) is 66.0 Å². The molecule has 1 aliphatic rings. The van der Waals surface area contributed by atoms with Gasteiger partial charge in [0.15, 0.2) is 0 Å². The molecule has 0 saturated carbocycles. The average molecular weight is 426 g/mol. The number of carbonyl (C=O) groups is 1.